The highest BCUT2D eigenvalue weighted by Gasteiger charge is 2.41. The number of dihydropyridines is 1. The normalized spacial score (nSPS) is 24.3. The highest BCUT2D eigenvalue weighted by atomic mass is 16.5. The number of aromatic hydroxyl groups is 1. The lowest BCUT2D eigenvalue weighted by molar-refractivity contribution is -0.130. The van der Waals surface area contributed by atoms with Crippen molar-refractivity contribution in [2.45, 2.75) is 103 Å². The number of phenolic OH excluding ortho intramolecular Hbond substituents is 1. The van der Waals surface area contributed by atoms with E-state index in [4.69, 9.17) is 10.5 Å². The number of benzene rings is 2. The molecular formula is C47H59N3O5. The van der Waals surface area contributed by atoms with Gasteiger partial charge in [0.15, 0.2) is 11.5 Å². The quantitative estimate of drug-likeness (QED) is 0.0996. The Balaban J connectivity index is 1.43. The van der Waals surface area contributed by atoms with Gasteiger partial charge in [-0.3, -0.25) is 9.59 Å². The number of hydrogen-bond acceptors (Lipinski definition) is 7. The number of hydrogen-bond donors (Lipinski definition) is 5. The van der Waals surface area contributed by atoms with E-state index in [1.54, 1.807) is 12.1 Å². The molecule has 2 heterocycles. The molecule has 0 bridgehead atoms. The first-order valence-corrected chi connectivity index (χ1v) is 20.3. The lowest BCUT2D eigenvalue weighted by atomic mass is 9.73. The van der Waals surface area contributed by atoms with Crippen molar-refractivity contribution < 1.29 is 24.5 Å². The third-order valence-corrected chi connectivity index (χ3v) is 12.1. The van der Waals surface area contributed by atoms with E-state index in [-0.39, 0.29) is 53.8 Å². The smallest absolute Gasteiger partial charge is 0.160 e. The lowest BCUT2D eigenvalue weighted by Crippen LogP contribution is -2.33. The number of aromatic nitrogens is 1. The molecule has 6 N–H and O–H groups in total. The summed E-state index contributed by atoms with van der Waals surface area (Å²) in [5.74, 6) is 7.67. The van der Waals surface area contributed by atoms with Gasteiger partial charge in [0, 0.05) is 43.1 Å². The van der Waals surface area contributed by atoms with Crippen molar-refractivity contribution in [3.8, 4) is 23.3 Å². The molecule has 2 aliphatic carbocycles. The molecule has 3 aliphatic rings. The minimum Gasteiger partial charge on any atom is -0.504 e. The van der Waals surface area contributed by atoms with Gasteiger partial charge in [-0.15, -0.1) is 0 Å². The maximum absolute atomic E-state index is 14.5. The number of aryl methyl sites for hydroxylation is 1. The van der Waals surface area contributed by atoms with Gasteiger partial charge in [0.2, 0.25) is 0 Å². The number of Topliss-reactive ketones (excluding diaryl/α,β-unsaturated/α-hetero) is 2. The summed E-state index contributed by atoms with van der Waals surface area (Å²) in [5, 5.41) is 26.2. The van der Waals surface area contributed by atoms with Gasteiger partial charge in [-0.05, 0) is 114 Å². The fraction of sp³-hybridized carbons (Fsp3) is 0.489. The predicted molar refractivity (Wildman–Crippen MR) is 217 cm³/mol. The van der Waals surface area contributed by atoms with Crippen LogP contribution in [0.15, 0.2) is 78.3 Å². The highest BCUT2D eigenvalue weighted by molar-refractivity contribution is 6.00. The van der Waals surface area contributed by atoms with Crippen LogP contribution in [0, 0.1) is 41.4 Å². The summed E-state index contributed by atoms with van der Waals surface area (Å²) >= 11 is 0. The fourth-order valence-corrected chi connectivity index (χ4v) is 9.26. The number of aliphatic hydroxyl groups is 1. The summed E-state index contributed by atoms with van der Waals surface area (Å²) in [6, 6.07) is 15.7. The molecule has 6 rings (SSSR count). The second-order valence-electron chi connectivity index (χ2n) is 16.4. The third-order valence-electron chi connectivity index (χ3n) is 12.1. The third kappa shape index (κ3) is 9.93. The number of methoxy groups -OCH3 is 1. The van der Waals surface area contributed by atoms with Crippen molar-refractivity contribution in [2.75, 3.05) is 13.7 Å². The zero-order valence-electron chi connectivity index (χ0n) is 32.9. The molecule has 292 valence electrons. The molecule has 0 radical (unpaired) electrons. The number of aliphatic hydroxyl groups excluding tert-OH is 1. The SMILES string of the molecule is CCC[C@@H]([C@H]1C[C@H](CC2=CCNC(N)=C2)C[C@H]2C#C[C@H](c3ccccc3)c3cc(O)c(OC)cc3CCC(=O)CC(=O)[C@@H]2C1)[C@H](O)Cc1cc(C(C)C)c[nH]1. The number of nitrogens with two attached hydrogens (primary N) is 1. The van der Waals surface area contributed by atoms with E-state index >= 15 is 0 Å². The summed E-state index contributed by atoms with van der Waals surface area (Å²) in [6.07, 6.45) is 11.3. The van der Waals surface area contributed by atoms with Crippen LogP contribution in [0.3, 0.4) is 0 Å². The molecule has 1 saturated carbocycles. The van der Waals surface area contributed by atoms with Crippen molar-refractivity contribution in [1.82, 2.24) is 10.3 Å². The number of aromatic amines is 1. The lowest BCUT2D eigenvalue weighted by Gasteiger charge is -2.33. The Bertz CT molecular complexity index is 1930. The molecule has 8 nitrogen and oxygen atoms in total. The maximum Gasteiger partial charge on any atom is 0.160 e. The maximum atomic E-state index is 14.5. The number of carbonyl (C=O) groups excluding carboxylic acids is 2. The Hall–Kier alpha value is -4.74. The van der Waals surface area contributed by atoms with E-state index in [9.17, 15) is 19.8 Å². The standard InChI is InChI=1S/C47H59N3O5/c1-5-9-40(43(52)25-37-22-36(28-50-37)29(2)3)35-20-31(18-30-16-17-49-47(48)21-30)19-33-13-15-39(32-10-7-6-8-11-32)41-27-45(54)46(55-4)24-34(41)12-14-38(51)26-44(53)42(33)23-35/h6-8,10-11,16,21-22,24,27-29,31,33,35,39-40,42-43,49-50,52,54H,5,9,12,14,17-20,23,25-26,48H2,1-4H3/t31-,33-,35+,39-,40+,42-,43-/m1/s1. The van der Waals surface area contributed by atoms with Crippen molar-refractivity contribution >= 4 is 11.6 Å². The van der Waals surface area contributed by atoms with Crippen LogP contribution in [-0.4, -0.2) is 46.5 Å². The fourth-order valence-electron chi connectivity index (χ4n) is 9.26. The molecule has 1 fully saturated rings. The van der Waals surface area contributed by atoms with Gasteiger partial charge in [0.05, 0.1) is 31.4 Å². The number of fused-ring (bicyclic) bond motifs is 2. The first-order chi connectivity index (χ1) is 26.5. The van der Waals surface area contributed by atoms with Gasteiger partial charge >= 0.3 is 0 Å². The van der Waals surface area contributed by atoms with Crippen LogP contribution in [0.25, 0.3) is 0 Å². The van der Waals surface area contributed by atoms with E-state index in [2.05, 4.69) is 55.1 Å². The zero-order chi connectivity index (χ0) is 39.1. The second kappa shape index (κ2) is 18.3. The number of H-pyrrole nitrogens is 1. The van der Waals surface area contributed by atoms with E-state index in [1.165, 1.54) is 18.2 Å². The minimum atomic E-state index is -0.591. The molecule has 1 aliphatic heterocycles. The number of rotatable bonds is 11. The Morgan fingerprint density at radius 2 is 1.84 bits per heavy atom. The average molecular weight is 746 g/mol. The van der Waals surface area contributed by atoms with Crippen LogP contribution in [0.2, 0.25) is 0 Å². The molecule has 0 unspecified atom stereocenters. The second-order valence-corrected chi connectivity index (χ2v) is 16.4. The molecule has 55 heavy (non-hydrogen) atoms. The number of nitrogens with one attached hydrogen (secondary N) is 2. The Labute approximate surface area is 327 Å². The van der Waals surface area contributed by atoms with Gasteiger partial charge < -0.3 is 31.0 Å². The summed E-state index contributed by atoms with van der Waals surface area (Å²) in [5.41, 5.74) is 12.3. The summed E-state index contributed by atoms with van der Waals surface area (Å²) in [6.45, 7) is 7.17. The van der Waals surface area contributed by atoms with E-state index < -0.39 is 17.9 Å². The number of phenols is 1. The number of ketones is 2. The van der Waals surface area contributed by atoms with Crippen LogP contribution >= 0.6 is 0 Å². The monoisotopic (exact) mass is 745 g/mol. The van der Waals surface area contributed by atoms with E-state index in [0.717, 1.165) is 48.1 Å². The summed E-state index contributed by atoms with van der Waals surface area (Å²) in [4.78, 5) is 31.6. The molecule has 3 aromatic rings. The van der Waals surface area contributed by atoms with Gasteiger partial charge in [0.1, 0.15) is 11.6 Å². The van der Waals surface area contributed by atoms with Crippen molar-refractivity contribution in [3.05, 3.63) is 106 Å². The van der Waals surface area contributed by atoms with Gasteiger partial charge in [-0.1, -0.05) is 75.4 Å². The Kier molecular flexibility index (Phi) is 13.3. The van der Waals surface area contributed by atoms with Crippen LogP contribution < -0.4 is 15.8 Å². The van der Waals surface area contributed by atoms with Gasteiger partial charge in [-0.2, -0.15) is 0 Å². The largest absolute Gasteiger partial charge is 0.504 e. The first kappa shape index (κ1) is 39.9. The van der Waals surface area contributed by atoms with Crippen LogP contribution in [0.5, 0.6) is 11.5 Å². The number of allylic oxidation sites excluding steroid dienone is 2. The summed E-state index contributed by atoms with van der Waals surface area (Å²) in [7, 11) is 1.52. The molecule has 0 saturated heterocycles. The van der Waals surface area contributed by atoms with Gasteiger partial charge in [-0.25, -0.2) is 0 Å². The first-order valence-electron chi connectivity index (χ1n) is 20.3. The summed E-state index contributed by atoms with van der Waals surface area (Å²) < 4.78 is 5.48. The van der Waals surface area contributed by atoms with Crippen molar-refractivity contribution in [3.63, 3.8) is 0 Å². The van der Waals surface area contributed by atoms with E-state index in [0.29, 0.717) is 49.7 Å². The molecule has 0 spiro atoms. The van der Waals surface area contributed by atoms with Crippen molar-refractivity contribution in [2.24, 2.45) is 35.3 Å². The van der Waals surface area contributed by atoms with Crippen LogP contribution in [-0.2, 0) is 22.4 Å². The molecule has 0 amide bonds. The molecule has 8 heteroatoms. The average Bonchev–Trinajstić information content (AvgIpc) is 3.56. The molecule has 1 aromatic heterocycles. The Morgan fingerprint density at radius 1 is 1.04 bits per heavy atom. The minimum absolute atomic E-state index is 0.0238. The molecule has 2 aromatic carbocycles. The Morgan fingerprint density at radius 3 is 2.55 bits per heavy atom. The zero-order valence-corrected chi connectivity index (χ0v) is 32.9. The van der Waals surface area contributed by atoms with Crippen molar-refractivity contribution in [1.29, 1.82) is 0 Å². The van der Waals surface area contributed by atoms with Gasteiger partial charge in [0.25, 0.3) is 0 Å². The highest BCUT2D eigenvalue weighted by Crippen LogP contribution is 2.45. The molecule has 7 atom stereocenters. The number of ether oxygens (including phenoxy) is 1. The van der Waals surface area contributed by atoms with Crippen LogP contribution in [0.4, 0.5) is 0 Å². The topological polar surface area (TPSA) is 138 Å². The van der Waals surface area contributed by atoms with E-state index in [1.807, 2.05) is 42.6 Å². The molecular weight excluding hydrogens is 687 g/mol. The number of carbonyl (C=O) groups is 2. The van der Waals surface area contributed by atoms with Crippen LogP contribution in [0.1, 0.15) is 112 Å². The predicted octanol–water partition coefficient (Wildman–Crippen LogP) is 7.85.